The SMILES string of the molecule is Cc1cccc(Nc2nc3ccccc3c3c2[nH]c2ccncc23)c1. The maximum atomic E-state index is 4.86. The monoisotopic (exact) mass is 324 g/mol. The van der Waals surface area contributed by atoms with Gasteiger partial charge in [-0.05, 0) is 36.8 Å². The first-order chi connectivity index (χ1) is 12.3. The number of aromatic nitrogens is 3. The molecule has 3 aromatic heterocycles. The summed E-state index contributed by atoms with van der Waals surface area (Å²) >= 11 is 0. The Hall–Kier alpha value is -3.40. The van der Waals surface area contributed by atoms with E-state index in [4.69, 9.17) is 4.98 Å². The van der Waals surface area contributed by atoms with E-state index in [1.54, 1.807) is 6.20 Å². The van der Waals surface area contributed by atoms with Gasteiger partial charge in [-0.2, -0.15) is 0 Å². The zero-order valence-electron chi connectivity index (χ0n) is 13.7. The molecule has 0 unspecified atom stereocenters. The highest BCUT2D eigenvalue weighted by atomic mass is 15.0. The highest BCUT2D eigenvalue weighted by molar-refractivity contribution is 6.21. The standard InChI is InChI=1S/C21H16N4/c1-13-5-4-6-14(11-13)23-21-20-19(15-7-2-3-8-17(15)25-21)16-12-22-10-9-18(16)24-20/h2-12,24H,1H3,(H,23,25). The van der Waals surface area contributed by atoms with Crippen LogP contribution in [0.5, 0.6) is 0 Å². The molecule has 0 saturated heterocycles. The molecule has 5 aromatic rings. The van der Waals surface area contributed by atoms with Gasteiger partial charge in [0.05, 0.1) is 11.0 Å². The lowest BCUT2D eigenvalue weighted by atomic mass is 10.1. The topological polar surface area (TPSA) is 53.6 Å². The van der Waals surface area contributed by atoms with Crippen molar-refractivity contribution in [3.8, 4) is 0 Å². The Morgan fingerprint density at radius 2 is 1.88 bits per heavy atom. The van der Waals surface area contributed by atoms with E-state index in [1.165, 1.54) is 5.56 Å². The molecule has 25 heavy (non-hydrogen) atoms. The second-order valence-electron chi connectivity index (χ2n) is 6.27. The molecule has 0 aliphatic rings. The van der Waals surface area contributed by atoms with Crippen molar-refractivity contribution in [1.82, 2.24) is 15.0 Å². The normalized spacial score (nSPS) is 11.4. The highest BCUT2D eigenvalue weighted by Gasteiger charge is 2.14. The molecule has 0 fully saturated rings. The van der Waals surface area contributed by atoms with Gasteiger partial charge in [-0.25, -0.2) is 4.98 Å². The summed E-state index contributed by atoms with van der Waals surface area (Å²) < 4.78 is 0. The van der Waals surface area contributed by atoms with E-state index < -0.39 is 0 Å². The van der Waals surface area contributed by atoms with Crippen LogP contribution in [0.1, 0.15) is 5.56 Å². The lowest BCUT2D eigenvalue weighted by Crippen LogP contribution is -1.96. The van der Waals surface area contributed by atoms with E-state index in [2.05, 4.69) is 46.5 Å². The van der Waals surface area contributed by atoms with Gasteiger partial charge >= 0.3 is 0 Å². The summed E-state index contributed by atoms with van der Waals surface area (Å²) in [7, 11) is 0. The van der Waals surface area contributed by atoms with E-state index in [0.29, 0.717) is 0 Å². The second kappa shape index (κ2) is 5.31. The van der Waals surface area contributed by atoms with Gasteiger partial charge in [-0.3, -0.25) is 4.98 Å². The van der Waals surface area contributed by atoms with Crippen LogP contribution >= 0.6 is 0 Å². The molecule has 0 amide bonds. The number of para-hydroxylation sites is 1. The number of hydrogen-bond donors (Lipinski definition) is 2. The van der Waals surface area contributed by atoms with E-state index >= 15 is 0 Å². The lowest BCUT2D eigenvalue weighted by molar-refractivity contribution is 1.35. The van der Waals surface area contributed by atoms with Crippen molar-refractivity contribution in [3.05, 3.63) is 72.6 Å². The third-order valence-electron chi connectivity index (χ3n) is 4.52. The van der Waals surface area contributed by atoms with Gasteiger partial charge in [-0.15, -0.1) is 0 Å². The first kappa shape index (κ1) is 14.0. The van der Waals surface area contributed by atoms with Crippen LogP contribution in [-0.4, -0.2) is 15.0 Å². The molecule has 4 nitrogen and oxygen atoms in total. The molecule has 0 bridgehead atoms. The fraction of sp³-hybridized carbons (Fsp3) is 0.0476. The Morgan fingerprint density at radius 3 is 2.80 bits per heavy atom. The maximum absolute atomic E-state index is 4.86. The summed E-state index contributed by atoms with van der Waals surface area (Å²) in [6.45, 7) is 2.09. The average Bonchev–Trinajstić information content (AvgIpc) is 3.02. The average molecular weight is 324 g/mol. The predicted molar refractivity (Wildman–Crippen MR) is 103 cm³/mol. The van der Waals surface area contributed by atoms with Gasteiger partial charge in [0.2, 0.25) is 0 Å². The van der Waals surface area contributed by atoms with Gasteiger partial charge in [0.25, 0.3) is 0 Å². The summed E-state index contributed by atoms with van der Waals surface area (Å²) in [6.07, 6.45) is 3.72. The van der Waals surface area contributed by atoms with Crippen molar-refractivity contribution in [3.63, 3.8) is 0 Å². The molecule has 3 heterocycles. The maximum Gasteiger partial charge on any atom is 0.155 e. The molecule has 0 atom stereocenters. The quantitative estimate of drug-likeness (QED) is 0.462. The summed E-state index contributed by atoms with van der Waals surface area (Å²) in [4.78, 5) is 12.7. The number of fused-ring (bicyclic) bond motifs is 5. The van der Waals surface area contributed by atoms with E-state index in [9.17, 15) is 0 Å². The highest BCUT2D eigenvalue weighted by Crippen LogP contribution is 2.35. The van der Waals surface area contributed by atoms with Crippen molar-refractivity contribution in [2.75, 3.05) is 5.32 Å². The van der Waals surface area contributed by atoms with Crippen LogP contribution in [0.2, 0.25) is 0 Å². The molecule has 120 valence electrons. The minimum absolute atomic E-state index is 0.829. The number of pyridine rings is 2. The van der Waals surface area contributed by atoms with Gasteiger partial charge in [0.15, 0.2) is 5.82 Å². The minimum Gasteiger partial charge on any atom is -0.351 e. The van der Waals surface area contributed by atoms with E-state index in [1.807, 2.05) is 36.5 Å². The van der Waals surface area contributed by atoms with E-state index in [-0.39, 0.29) is 0 Å². The number of aromatic amines is 1. The summed E-state index contributed by atoms with van der Waals surface area (Å²) in [5, 5.41) is 6.88. The zero-order chi connectivity index (χ0) is 16.8. The van der Waals surface area contributed by atoms with Crippen LogP contribution in [0.4, 0.5) is 11.5 Å². The summed E-state index contributed by atoms with van der Waals surface area (Å²) in [6, 6.07) is 18.5. The molecule has 0 spiro atoms. The van der Waals surface area contributed by atoms with Crippen molar-refractivity contribution in [2.45, 2.75) is 6.92 Å². The molecule has 2 N–H and O–H groups in total. The van der Waals surface area contributed by atoms with Crippen LogP contribution in [-0.2, 0) is 0 Å². The third kappa shape index (κ3) is 2.22. The van der Waals surface area contributed by atoms with Crippen molar-refractivity contribution < 1.29 is 0 Å². The largest absolute Gasteiger partial charge is 0.351 e. The Kier molecular flexibility index (Phi) is 2.97. The zero-order valence-corrected chi connectivity index (χ0v) is 13.7. The summed E-state index contributed by atoms with van der Waals surface area (Å²) in [5.41, 5.74) is 5.28. The van der Waals surface area contributed by atoms with Crippen LogP contribution in [0.3, 0.4) is 0 Å². The smallest absolute Gasteiger partial charge is 0.155 e. The van der Waals surface area contributed by atoms with E-state index in [0.717, 1.165) is 44.2 Å². The van der Waals surface area contributed by atoms with Crippen LogP contribution in [0, 0.1) is 6.92 Å². The Bertz CT molecular complexity index is 1240. The Labute approximate surface area is 144 Å². The molecule has 0 radical (unpaired) electrons. The van der Waals surface area contributed by atoms with Crippen molar-refractivity contribution in [1.29, 1.82) is 0 Å². The van der Waals surface area contributed by atoms with Gasteiger partial charge in [0, 0.05) is 39.8 Å². The molecule has 0 saturated carbocycles. The molecule has 0 aliphatic heterocycles. The van der Waals surface area contributed by atoms with Crippen LogP contribution in [0.25, 0.3) is 32.7 Å². The number of nitrogens with zero attached hydrogens (tertiary/aromatic N) is 2. The first-order valence-electron chi connectivity index (χ1n) is 8.27. The van der Waals surface area contributed by atoms with Crippen molar-refractivity contribution in [2.24, 2.45) is 0 Å². The number of benzene rings is 2. The number of aryl methyl sites for hydroxylation is 1. The fourth-order valence-corrected chi connectivity index (χ4v) is 3.40. The number of hydrogen-bond acceptors (Lipinski definition) is 3. The minimum atomic E-state index is 0.829. The predicted octanol–water partition coefficient (Wildman–Crippen LogP) is 5.32. The number of rotatable bonds is 2. The van der Waals surface area contributed by atoms with Gasteiger partial charge in [0.1, 0.15) is 0 Å². The van der Waals surface area contributed by atoms with Gasteiger partial charge in [-0.1, -0.05) is 30.3 Å². The number of anilines is 2. The van der Waals surface area contributed by atoms with Crippen LogP contribution < -0.4 is 5.32 Å². The number of H-pyrrole nitrogens is 1. The fourth-order valence-electron chi connectivity index (χ4n) is 3.40. The Balaban J connectivity index is 1.85. The molecule has 4 heteroatoms. The second-order valence-corrected chi connectivity index (χ2v) is 6.27. The Morgan fingerprint density at radius 1 is 0.960 bits per heavy atom. The van der Waals surface area contributed by atoms with Crippen LogP contribution in [0.15, 0.2) is 67.0 Å². The molecular weight excluding hydrogens is 308 g/mol. The molecule has 5 rings (SSSR count). The lowest BCUT2D eigenvalue weighted by Gasteiger charge is -2.10. The first-order valence-corrected chi connectivity index (χ1v) is 8.27. The molecule has 2 aromatic carbocycles. The summed E-state index contributed by atoms with van der Waals surface area (Å²) in [5.74, 6) is 0.829. The van der Waals surface area contributed by atoms with Gasteiger partial charge < -0.3 is 10.3 Å². The third-order valence-corrected chi connectivity index (χ3v) is 4.52. The van der Waals surface area contributed by atoms with Crippen molar-refractivity contribution >= 4 is 44.2 Å². The molecule has 0 aliphatic carbocycles. The number of nitrogens with one attached hydrogen (secondary N) is 2. The molecular formula is C21H16N4.